The Bertz CT molecular complexity index is 978. The van der Waals surface area contributed by atoms with Crippen molar-refractivity contribution in [3.63, 3.8) is 0 Å². The van der Waals surface area contributed by atoms with Crippen LogP contribution in [0.1, 0.15) is 35.1 Å². The molecule has 0 bridgehead atoms. The Morgan fingerprint density at radius 3 is 2.93 bits per heavy atom. The van der Waals surface area contributed by atoms with E-state index in [-0.39, 0.29) is 11.9 Å². The average molecular weight is 381 g/mol. The number of nitrogens with zero attached hydrogens (tertiary/aromatic N) is 7. The van der Waals surface area contributed by atoms with Crippen LogP contribution in [0.3, 0.4) is 0 Å². The number of hydrogen-bond acceptors (Lipinski definition) is 7. The molecular formula is C19H23N7O2. The van der Waals surface area contributed by atoms with Crippen molar-refractivity contribution >= 4 is 11.6 Å². The minimum atomic E-state index is 0.0440. The number of carbonyl (C=O) groups excluding carboxylic acids is 1. The molecule has 0 N–H and O–H groups in total. The Balaban J connectivity index is 1.49. The summed E-state index contributed by atoms with van der Waals surface area (Å²) in [7, 11) is 3.93. The van der Waals surface area contributed by atoms with Crippen LogP contribution in [0.15, 0.2) is 35.0 Å². The van der Waals surface area contributed by atoms with Gasteiger partial charge in [-0.3, -0.25) is 4.79 Å². The van der Waals surface area contributed by atoms with Crippen LogP contribution < -0.4 is 4.90 Å². The fraction of sp³-hybridized carbons (Fsp3) is 0.421. The molecule has 28 heavy (non-hydrogen) atoms. The Morgan fingerprint density at radius 1 is 1.32 bits per heavy atom. The quantitative estimate of drug-likeness (QED) is 0.684. The lowest BCUT2D eigenvalue weighted by Gasteiger charge is -2.32. The number of piperidine rings is 1. The molecule has 1 aromatic carbocycles. The van der Waals surface area contributed by atoms with Gasteiger partial charge in [0.2, 0.25) is 11.7 Å². The molecule has 1 amide bonds. The maximum Gasteiger partial charge on any atom is 0.254 e. The van der Waals surface area contributed by atoms with Crippen molar-refractivity contribution in [3.8, 4) is 11.5 Å². The predicted octanol–water partition coefficient (Wildman–Crippen LogP) is 2.18. The van der Waals surface area contributed by atoms with Gasteiger partial charge in [0.25, 0.3) is 5.91 Å². The van der Waals surface area contributed by atoms with Crippen molar-refractivity contribution in [1.29, 1.82) is 0 Å². The van der Waals surface area contributed by atoms with Gasteiger partial charge in [-0.25, -0.2) is 4.68 Å². The third-order valence-corrected chi connectivity index (χ3v) is 4.93. The summed E-state index contributed by atoms with van der Waals surface area (Å²) in [6, 6.07) is 7.78. The Morgan fingerprint density at radius 2 is 2.18 bits per heavy atom. The zero-order chi connectivity index (χ0) is 19.7. The lowest BCUT2D eigenvalue weighted by molar-refractivity contribution is 0.0672. The Hall–Kier alpha value is -3.23. The molecule has 0 aliphatic carbocycles. The minimum absolute atomic E-state index is 0.0440. The first-order chi connectivity index (χ1) is 13.5. The summed E-state index contributed by atoms with van der Waals surface area (Å²) in [6.07, 6.45) is 3.67. The van der Waals surface area contributed by atoms with E-state index in [1.54, 1.807) is 11.6 Å². The van der Waals surface area contributed by atoms with Crippen LogP contribution in [0.4, 0.5) is 5.69 Å². The van der Waals surface area contributed by atoms with Gasteiger partial charge >= 0.3 is 0 Å². The van der Waals surface area contributed by atoms with Crippen molar-refractivity contribution in [2.75, 3.05) is 32.1 Å². The second kappa shape index (κ2) is 7.41. The SMILES string of the molecule is Cc1nc(-c2cn([C@H]3CCCN(C(=O)c4cccc(N(C)C)c4)C3)nn2)no1. The number of rotatable bonds is 4. The summed E-state index contributed by atoms with van der Waals surface area (Å²) in [4.78, 5) is 21.1. The fourth-order valence-corrected chi connectivity index (χ4v) is 3.42. The van der Waals surface area contributed by atoms with E-state index in [9.17, 15) is 4.79 Å². The fourth-order valence-electron chi connectivity index (χ4n) is 3.42. The molecule has 0 unspecified atom stereocenters. The van der Waals surface area contributed by atoms with Crippen LogP contribution in [0, 0.1) is 6.92 Å². The topological polar surface area (TPSA) is 93.2 Å². The lowest BCUT2D eigenvalue weighted by atomic mass is 10.0. The van der Waals surface area contributed by atoms with E-state index < -0.39 is 0 Å². The number of aromatic nitrogens is 5. The normalized spacial score (nSPS) is 17.0. The average Bonchev–Trinajstić information content (AvgIpc) is 3.37. The highest BCUT2D eigenvalue weighted by Crippen LogP contribution is 2.24. The molecule has 2 aromatic heterocycles. The number of hydrogen-bond donors (Lipinski definition) is 0. The molecule has 1 fully saturated rings. The van der Waals surface area contributed by atoms with E-state index >= 15 is 0 Å². The predicted molar refractivity (Wildman–Crippen MR) is 103 cm³/mol. The molecule has 9 nitrogen and oxygen atoms in total. The van der Waals surface area contributed by atoms with Gasteiger partial charge in [0.15, 0.2) is 5.69 Å². The standard InChI is InChI=1S/C19H23N7O2/c1-13-20-18(22-28-13)17-12-26(23-21-17)16-8-5-9-25(11-16)19(27)14-6-4-7-15(10-14)24(2)3/h4,6-7,10,12,16H,5,8-9,11H2,1-3H3/t16-/m0/s1. The third kappa shape index (κ3) is 3.60. The molecule has 9 heteroatoms. The number of aryl methyl sites for hydroxylation is 1. The zero-order valence-electron chi connectivity index (χ0n) is 16.2. The van der Waals surface area contributed by atoms with E-state index in [2.05, 4.69) is 20.5 Å². The summed E-state index contributed by atoms with van der Waals surface area (Å²) >= 11 is 0. The van der Waals surface area contributed by atoms with E-state index in [4.69, 9.17) is 4.52 Å². The van der Waals surface area contributed by atoms with E-state index in [1.807, 2.05) is 54.4 Å². The second-order valence-corrected chi connectivity index (χ2v) is 7.21. The summed E-state index contributed by atoms with van der Waals surface area (Å²) in [5.41, 5.74) is 2.28. The molecule has 146 valence electrons. The minimum Gasteiger partial charge on any atom is -0.378 e. The second-order valence-electron chi connectivity index (χ2n) is 7.21. The molecule has 0 saturated carbocycles. The Kier molecular flexibility index (Phi) is 4.81. The summed E-state index contributed by atoms with van der Waals surface area (Å²) in [5, 5.41) is 12.3. The van der Waals surface area contributed by atoms with Gasteiger partial charge in [-0.2, -0.15) is 4.98 Å². The summed E-state index contributed by atoms with van der Waals surface area (Å²) < 4.78 is 6.81. The van der Waals surface area contributed by atoms with Crippen molar-refractivity contribution in [3.05, 3.63) is 41.9 Å². The molecule has 1 atom stereocenters. The van der Waals surface area contributed by atoms with Crippen LogP contribution in [0.5, 0.6) is 0 Å². The molecule has 0 spiro atoms. The monoisotopic (exact) mass is 381 g/mol. The van der Waals surface area contributed by atoms with Crippen LogP contribution in [-0.4, -0.2) is 63.1 Å². The highest BCUT2D eigenvalue weighted by molar-refractivity contribution is 5.95. The molecule has 1 aliphatic rings. The Labute approximate surface area is 162 Å². The van der Waals surface area contributed by atoms with Gasteiger partial charge in [-0.1, -0.05) is 16.4 Å². The van der Waals surface area contributed by atoms with Gasteiger partial charge in [-0.05, 0) is 31.0 Å². The lowest BCUT2D eigenvalue weighted by Crippen LogP contribution is -2.40. The van der Waals surface area contributed by atoms with E-state index in [0.29, 0.717) is 29.5 Å². The highest BCUT2D eigenvalue weighted by atomic mass is 16.5. The van der Waals surface area contributed by atoms with Gasteiger partial charge < -0.3 is 14.3 Å². The third-order valence-electron chi connectivity index (χ3n) is 4.93. The maximum absolute atomic E-state index is 13.0. The molecule has 3 heterocycles. The largest absolute Gasteiger partial charge is 0.378 e. The highest BCUT2D eigenvalue weighted by Gasteiger charge is 2.27. The van der Waals surface area contributed by atoms with E-state index in [1.165, 1.54) is 0 Å². The first-order valence-corrected chi connectivity index (χ1v) is 9.30. The number of benzene rings is 1. The van der Waals surface area contributed by atoms with Crippen molar-refractivity contribution in [2.24, 2.45) is 0 Å². The molecule has 0 radical (unpaired) electrons. The van der Waals surface area contributed by atoms with Crippen LogP contribution in [0.25, 0.3) is 11.5 Å². The van der Waals surface area contributed by atoms with Gasteiger partial charge in [-0.15, -0.1) is 5.10 Å². The summed E-state index contributed by atoms with van der Waals surface area (Å²) in [5.74, 6) is 0.953. The van der Waals surface area contributed by atoms with Gasteiger partial charge in [0.1, 0.15) is 0 Å². The van der Waals surface area contributed by atoms with Crippen molar-refractivity contribution < 1.29 is 9.32 Å². The molecule has 3 aromatic rings. The molecular weight excluding hydrogens is 358 g/mol. The molecule has 1 aliphatic heterocycles. The summed E-state index contributed by atoms with van der Waals surface area (Å²) in [6.45, 7) is 3.07. The number of carbonyl (C=O) groups is 1. The van der Waals surface area contributed by atoms with Crippen molar-refractivity contribution in [1.82, 2.24) is 30.0 Å². The van der Waals surface area contributed by atoms with Gasteiger partial charge in [0, 0.05) is 45.4 Å². The van der Waals surface area contributed by atoms with Crippen molar-refractivity contribution in [2.45, 2.75) is 25.8 Å². The number of amides is 1. The zero-order valence-corrected chi connectivity index (χ0v) is 16.2. The van der Waals surface area contributed by atoms with Gasteiger partial charge in [0.05, 0.1) is 12.2 Å². The number of anilines is 1. The maximum atomic E-state index is 13.0. The smallest absolute Gasteiger partial charge is 0.254 e. The molecule has 1 saturated heterocycles. The molecule has 4 rings (SSSR count). The number of likely N-dealkylation sites (tertiary alicyclic amines) is 1. The van der Waals surface area contributed by atoms with E-state index in [0.717, 1.165) is 25.1 Å². The van der Waals surface area contributed by atoms with Crippen LogP contribution in [-0.2, 0) is 0 Å². The first kappa shape index (κ1) is 18.1. The van der Waals surface area contributed by atoms with Crippen LogP contribution >= 0.6 is 0 Å². The first-order valence-electron chi connectivity index (χ1n) is 9.30. The van der Waals surface area contributed by atoms with Crippen LogP contribution in [0.2, 0.25) is 0 Å².